The van der Waals surface area contributed by atoms with Gasteiger partial charge in [-0.05, 0) is 43.2 Å². The molecule has 0 saturated carbocycles. The second kappa shape index (κ2) is 8.75. The van der Waals surface area contributed by atoms with Crippen molar-refractivity contribution in [3.05, 3.63) is 63.6 Å². The number of nitriles is 1. The van der Waals surface area contributed by atoms with Crippen LogP contribution in [0.3, 0.4) is 0 Å². The van der Waals surface area contributed by atoms with Gasteiger partial charge in [0.1, 0.15) is 11.9 Å². The first kappa shape index (κ1) is 19.7. The van der Waals surface area contributed by atoms with E-state index in [1.54, 1.807) is 13.0 Å². The first-order chi connectivity index (χ1) is 13.0. The first-order valence-corrected chi connectivity index (χ1v) is 9.65. The van der Waals surface area contributed by atoms with E-state index in [-0.39, 0.29) is 11.8 Å². The SMILES string of the molecule is CC(=O)CN1CC[C@H](N(Cc2ccccc2Cl)c2ccc(C#N)c(Cl)c2)C1. The van der Waals surface area contributed by atoms with Crippen molar-refractivity contribution in [1.29, 1.82) is 5.26 Å². The Morgan fingerprint density at radius 1 is 1.26 bits per heavy atom. The maximum Gasteiger partial charge on any atom is 0.143 e. The maximum absolute atomic E-state index is 11.5. The minimum atomic E-state index is 0.176. The molecule has 1 saturated heterocycles. The normalized spacial score (nSPS) is 16.9. The Kier molecular flexibility index (Phi) is 6.38. The molecular weight excluding hydrogens is 381 g/mol. The first-order valence-electron chi connectivity index (χ1n) is 8.89. The summed E-state index contributed by atoms with van der Waals surface area (Å²) >= 11 is 12.7. The Morgan fingerprint density at radius 2 is 2.04 bits per heavy atom. The molecule has 1 fully saturated rings. The molecule has 1 heterocycles. The number of likely N-dealkylation sites (tertiary alicyclic amines) is 1. The van der Waals surface area contributed by atoms with E-state index < -0.39 is 0 Å². The Bertz CT molecular complexity index is 878. The Hall–Kier alpha value is -2.06. The van der Waals surface area contributed by atoms with E-state index in [9.17, 15) is 4.79 Å². The summed E-state index contributed by atoms with van der Waals surface area (Å²) in [7, 11) is 0. The number of carbonyl (C=O) groups excluding carboxylic acids is 1. The number of anilines is 1. The monoisotopic (exact) mass is 401 g/mol. The Morgan fingerprint density at radius 3 is 2.70 bits per heavy atom. The zero-order valence-corrected chi connectivity index (χ0v) is 16.7. The molecule has 27 heavy (non-hydrogen) atoms. The molecule has 1 aliphatic heterocycles. The van der Waals surface area contributed by atoms with E-state index in [2.05, 4.69) is 15.9 Å². The van der Waals surface area contributed by atoms with Crippen molar-refractivity contribution in [3.63, 3.8) is 0 Å². The highest BCUT2D eigenvalue weighted by Crippen LogP contribution is 2.30. The van der Waals surface area contributed by atoms with Crippen molar-refractivity contribution in [3.8, 4) is 6.07 Å². The number of rotatable bonds is 6. The van der Waals surface area contributed by atoms with Gasteiger partial charge in [0.25, 0.3) is 0 Å². The predicted molar refractivity (Wildman–Crippen MR) is 109 cm³/mol. The molecule has 0 amide bonds. The second-order valence-corrected chi connectivity index (χ2v) is 7.69. The lowest BCUT2D eigenvalue weighted by atomic mass is 10.1. The van der Waals surface area contributed by atoms with Crippen LogP contribution >= 0.6 is 23.2 Å². The second-order valence-electron chi connectivity index (χ2n) is 6.87. The number of Topliss-reactive ketones (excluding diaryl/α,β-unsaturated/α-hetero) is 1. The molecule has 0 radical (unpaired) electrons. The van der Waals surface area contributed by atoms with Crippen LogP contribution in [0.15, 0.2) is 42.5 Å². The van der Waals surface area contributed by atoms with Gasteiger partial charge < -0.3 is 4.90 Å². The molecule has 1 atom stereocenters. The highest BCUT2D eigenvalue weighted by molar-refractivity contribution is 6.32. The summed E-state index contributed by atoms with van der Waals surface area (Å²) in [6.07, 6.45) is 0.954. The van der Waals surface area contributed by atoms with Crippen molar-refractivity contribution in [2.75, 3.05) is 24.5 Å². The van der Waals surface area contributed by atoms with E-state index >= 15 is 0 Å². The molecule has 0 aromatic heterocycles. The third-order valence-corrected chi connectivity index (χ3v) is 5.52. The molecule has 2 aromatic rings. The van der Waals surface area contributed by atoms with Crippen LogP contribution in [0.2, 0.25) is 10.0 Å². The predicted octanol–water partition coefficient (Wildman–Crippen LogP) is 4.53. The molecule has 140 valence electrons. The van der Waals surface area contributed by atoms with Gasteiger partial charge in [0.15, 0.2) is 0 Å². The van der Waals surface area contributed by atoms with Crippen LogP contribution in [-0.4, -0.2) is 36.4 Å². The molecule has 0 spiro atoms. The molecule has 3 rings (SSSR count). The third-order valence-electron chi connectivity index (χ3n) is 4.84. The Labute approximate surface area is 169 Å². The average molecular weight is 402 g/mol. The zero-order valence-electron chi connectivity index (χ0n) is 15.2. The van der Waals surface area contributed by atoms with Gasteiger partial charge in [0.05, 0.1) is 17.1 Å². The number of ketones is 1. The molecule has 2 aromatic carbocycles. The molecule has 0 bridgehead atoms. The van der Waals surface area contributed by atoms with Crippen molar-refractivity contribution < 1.29 is 4.79 Å². The van der Waals surface area contributed by atoms with Gasteiger partial charge in [0, 0.05) is 36.4 Å². The van der Waals surface area contributed by atoms with Crippen molar-refractivity contribution >= 4 is 34.7 Å². The van der Waals surface area contributed by atoms with Gasteiger partial charge in [-0.1, -0.05) is 41.4 Å². The van der Waals surface area contributed by atoms with Crippen LogP contribution in [0.1, 0.15) is 24.5 Å². The maximum atomic E-state index is 11.5. The van der Waals surface area contributed by atoms with E-state index in [1.807, 2.05) is 36.4 Å². The minimum absolute atomic E-state index is 0.176. The molecular formula is C21H21Cl2N3O. The lowest BCUT2D eigenvalue weighted by molar-refractivity contribution is -0.117. The summed E-state index contributed by atoms with van der Waals surface area (Å²) in [5, 5.41) is 10.3. The number of hydrogen-bond acceptors (Lipinski definition) is 4. The van der Waals surface area contributed by atoms with Crippen molar-refractivity contribution in [2.24, 2.45) is 0 Å². The van der Waals surface area contributed by atoms with Crippen LogP contribution in [0.4, 0.5) is 5.69 Å². The quantitative estimate of drug-likeness (QED) is 0.712. The fourth-order valence-corrected chi connectivity index (χ4v) is 3.95. The molecule has 0 unspecified atom stereocenters. The van der Waals surface area contributed by atoms with E-state index in [0.717, 1.165) is 35.8 Å². The number of hydrogen-bond donors (Lipinski definition) is 0. The average Bonchev–Trinajstić information content (AvgIpc) is 3.08. The molecule has 0 aliphatic carbocycles. The van der Waals surface area contributed by atoms with Gasteiger partial charge in [-0.25, -0.2) is 0 Å². The fraction of sp³-hybridized carbons (Fsp3) is 0.333. The van der Waals surface area contributed by atoms with Gasteiger partial charge in [-0.2, -0.15) is 5.26 Å². The molecule has 4 nitrogen and oxygen atoms in total. The molecule has 0 N–H and O–H groups in total. The molecule has 1 aliphatic rings. The van der Waals surface area contributed by atoms with Gasteiger partial charge in [-0.15, -0.1) is 0 Å². The fourth-order valence-electron chi connectivity index (χ4n) is 3.54. The summed E-state index contributed by atoms with van der Waals surface area (Å²) in [6, 6.07) is 15.6. The highest BCUT2D eigenvalue weighted by Gasteiger charge is 2.29. The topological polar surface area (TPSA) is 47.3 Å². The summed E-state index contributed by atoms with van der Waals surface area (Å²) in [5.74, 6) is 0.176. The highest BCUT2D eigenvalue weighted by atomic mass is 35.5. The van der Waals surface area contributed by atoms with E-state index in [0.29, 0.717) is 23.7 Å². The lowest BCUT2D eigenvalue weighted by Crippen LogP contribution is -2.38. The van der Waals surface area contributed by atoms with Gasteiger partial charge in [0.2, 0.25) is 0 Å². The van der Waals surface area contributed by atoms with Crippen LogP contribution in [0.5, 0.6) is 0 Å². The van der Waals surface area contributed by atoms with Crippen LogP contribution < -0.4 is 4.90 Å². The van der Waals surface area contributed by atoms with Gasteiger partial charge in [-0.3, -0.25) is 9.69 Å². The van der Waals surface area contributed by atoms with Crippen molar-refractivity contribution in [2.45, 2.75) is 25.9 Å². The van der Waals surface area contributed by atoms with Crippen LogP contribution in [0, 0.1) is 11.3 Å². The summed E-state index contributed by atoms with van der Waals surface area (Å²) < 4.78 is 0. The zero-order chi connectivity index (χ0) is 19.4. The number of carbonyl (C=O) groups is 1. The minimum Gasteiger partial charge on any atom is -0.363 e. The lowest BCUT2D eigenvalue weighted by Gasteiger charge is -2.32. The Balaban J connectivity index is 1.90. The van der Waals surface area contributed by atoms with Crippen LogP contribution in [-0.2, 0) is 11.3 Å². The summed E-state index contributed by atoms with van der Waals surface area (Å²) in [6.45, 7) is 4.43. The molecule has 6 heteroatoms. The summed E-state index contributed by atoms with van der Waals surface area (Å²) in [4.78, 5) is 15.9. The number of nitrogens with zero attached hydrogens (tertiary/aromatic N) is 3. The van der Waals surface area contributed by atoms with Crippen molar-refractivity contribution in [1.82, 2.24) is 4.90 Å². The third kappa shape index (κ3) is 4.81. The number of benzene rings is 2. The smallest absolute Gasteiger partial charge is 0.143 e. The number of halogens is 2. The largest absolute Gasteiger partial charge is 0.363 e. The standard InChI is InChI=1S/C21H21Cl2N3O/c1-15(27)12-25-9-8-19(14-25)26(13-17-4-2-3-5-20(17)22)18-7-6-16(11-24)21(23)10-18/h2-7,10,19H,8-9,12-14H2,1H3/t19-/m0/s1. The van der Waals surface area contributed by atoms with Gasteiger partial charge >= 0.3 is 0 Å². The van der Waals surface area contributed by atoms with Crippen LogP contribution in [0.25, 0.3) is 0 Å². The summed E-state index contributed by atoms with van der Waals surface area (Å²) in [5.41, 5.74) is 2.45. The van der Waals surface area contributed by atoms with E-state index in [1.165, 1.54) is 0 Å². The van der Waals surface area contributed by atoms with E-state index in [4.69, 9.17) is 28.5 Å².